The monoisotopic (exact) mass is 330 g/mol. The van der Waals surface area contributed by atoms with Crippen molar-refractivity contribution in [1.82, 2.24) is 20.4 Å². The van der Waals surface area contributed by atoms with Crippen LogP contribution in [-0.4, -0.2) is 21.0 Å². The van der Waals surface area contributed by atoms with Crippen molar-refractivity contribution in [2.75, 3.05) is 0 Å². The number of carbonyl (C=O) groups excluding carboxylic acids is 1. The second kappa shape index (κ2) is 5.73. The summed E-state index contributed by atoms with van der Waals surface area (Å²) in [4.78, 5) is 22.5. The molecule has 0 aliphatic rings. The van der Waals surface area contributed by atoms with Crippen LogP contribution in [0.4, 0.5) is 0 Å². The number of nitrogens with one attached hydrogen (secondary N) is 1. The van der Waals surface area contributed by atoms with E-state index in [1.54, 1.807) is 24.3 Å². The summed E-state index contributed by atoms with van der Waals surface area (Å²) in [6, 6.07) is 1.65. The maximum Gasteiger partial charge on any atom is 0.258 e. The highest BCUT2D eigenvalue weighted by atomic mass is 32.1. The lowest BCUT2D eigenvalue weighted by molar-refractivity contribution is 0.0942. The van der Waals surface area contributed by atoms with Gasteiger partial charge in [-0.15, -0.1) is 11.3 Å². The van der Waals surface area contributed by atoms with Crippen molar-refractivity contribution in [3.8, 4) is 0 Å². The number of thiazole rings is 1. The van der Waals surface area contributed by atoms with E-state index in [0.717, 1.165) is 21.3 Å². The Hall–Kier alpha value is -2.28. The van der Waals surface area contributed by atoms with Gasteiger partial charge in [0.25, 0.3) is 11.6 Å². The number of fused-ring (bicyclic) bond motifs is 1. The molecule has 0 spiro atoms. The van der Waals surface area contributed by atoms with E-state index in [1.807, 2.05) is 27.7 Å². The van der Waals surface area contributed by atoms with Gasteiger partial charge >= 0.3 is 0 Å². The van der Waals surface area contributed by atoms with Crippen LogP contribution in [-0.2, 0) is 0 Å². The lowest BCUT2D eigenvalue weighted by Crippen LogP contribution is -2.27. The predicted octanol–water partition coefficient (Wildman–Crippen LogP) is 3.40. The fourth-order valence-corrected chi connectivity index (χ4v) is 3.62. The van der Waals surface area contributed by atoms with Crippen LogP contribution in [0, 0.1) is 27.7 Å². The van der Waals surface area contributed by atoms with E-state index >= 15 is 0 Å². The van der Waals surface area contributed by atoms with Gasteiger partial charge < -0.3 is 9.84 Å². The van der Waals surface area contributed by atoms with Crippen LogP contribution in [0.15, 0.2) is 10.6 Å². The second-order valence-electron chi connectivity index (χ2n) is 5.64. The first-order valence-electron chi connectivity index (χ1n) is 7.35. The van der Waals surface area contributed by atoms with Crippen molar-refractivity contribution < 1.29 is 9.32 Å². The summed E-state index contributed by atoms with van der Waals surface area (Å²) < 4.78 is 5.18. The van der Waals surface area contributed by atoms with E-state index in [0.29, 0.717) is 22.4 Å². The van der Waals surface area contributed by atoms with Gasteiger partial charge in [-0.25, -0.2) is 9.97 Å². The van der Waals surface area contributed by atoms with Crippen molar-refractivity contribution in [3.63, 3.8) is 0 Å². The standard InChI is InChI=1S/C16H18N4O2S/c1-7-6-12(13-8(2)20-22-16(13)17-7)15(21)19-10(4)14-9(3)18-11(5)23-14/h6,10H,1-5H3,(H,19,21)/t10-/m0/s1. The molecule has 3 aromatic rings. The first kappa shape index (κ1) is 15.6. The Morgan fingerprint density at radius 2 is 1.96 bits per heavy atom. The minimum atomic E-state index is -0.162. The maximum absolute atomic E-state index is 12.7. The molecule has 0 aromatic carbocycles. The Bertz CT molecular complexity index is 897. The Morgan fingerprint density at radius 3 is 2.61 bits per heavy atom. The smallest absolute Gasteiger partial charge is 0.258 e. The molecule has 0 bridgehead atoms. The van der Waals surface area contributed by atoms with Gasteiger partial charge in [0.1, 0.15) is 0 Å². The van der Waals surface area contributed by atoms with Crippen molar-refractivity contribution in [2.24, 2.45) is 0 Å². The molecule has 120 valence electrons. The molecule has 3 heterocycles. The van der Waals surface area contributed by atoms with Gasteiger partial charge in [-0.05, 0) is 40.7 Å². The molecular weight excluding hydrogens is 312 g/mol. The Balaban J connectivity index is 1.95. The molecular formula is C16H18N4O2S. The third kappa shape index (κ3) is 2.84. The molecule has 3 rings (SSSR count). The summed E-state index contributed by atoms with van der Waals surface area (Å²) in [5.41, 5.74) is 3.27. The molecule has 0 radical (unpaired) electrons. The molecule has 23 heavy (non-hydrogen) atoms. The summed E-state index contributed by atoms with van der Waals surface area (Å²) in [5, 5.41) is 8.61. The Morgan fingerprint density at radius 1 is 1.22 bits per heavy atom. The van der Waals surface area contributed by atoms with Gasteiger partial charge in [0, 0.05) is 10.6 Å². The SMILES string of the molecule is Cc1cc(C(=O)N[C@@H](C)c2sc(C)nc2C)c2c(C)noc2n1. The lowest BCUT2D eigenvalue weighted by atomic mass is 10.1. The number of aromatic nitrogens is 3. The quantitative estimate of drug-likeness (QED) is 0.796. The summed E-state index contributed by atoms with van der Waals surface area (Å²) in [5.74, 6) is -0.162. The highest BCUT2D eigenvalue weighted by Gasteiger charge is 2.21. The number of aryl methyl sites for hydroxylation is 4. The third-order valence-corrected chi connectivity index (χ3v) is 4.93. The van der Waals surface area contributed by atoms with Gasteiger partial charge in [-0.2, -0.15) is 0 Å². The normalized spacial score (nSPS) is 12.6. The van der Waals surface area contributed by atoms with Gasteiger partial charge in [0.15, 0.2) is 0 Å². The molecule has 1 atom stereocenters. The molecule has 1 N–H and O–H groups in total. The first-order valence-corrected chi connectivity index (χ1v) is 8.17. The average molecular weight is 330 g/mol. The summed E-state index contributed by atoms with van der Waals surface area (Å²) in [7, 11) is 0. The van der Waals surface area contributed by atoms with E-state index in [2.05, 4.69) is 20.4 Å². The lowest BCUT2D eigenvalue weighted by Gasteiger charge is -2.13. The van der Waals surface area contributed by atoms with Crippen molar-refractivity contribution in [2.45, 2.75) is 40.7 Å². The largest absolute Gasteiger partial charge is 0.345 e. The molecule has 0 aliphatic carbocycles. The van der Waals surface area contributed by atoms with Crippen LogP contribution in [0.3, 0.4) is 0 Å². The van der Waals surface area contributed by atoms with Crippen LogP contribution in [0.2, 0.25) is 0 Å². The fourth-order valence-electron chi connectivity index (χ4n) is 2.69. The minimum absolute atomic E-state index is 0.114. The molecule has 0 saturated carbocycles. The Kier molecular flexibility index (Phi) is 3.89. The van der Waals surface area contributed by atoms with Crippen LogP contribution in [0.25, 0.3) is 11.1 Å². The number of hydrogen-bond acceptors (Lipinski definition) is 6. The highest BCUT2D eigenvalue weighted by Crippen LogP contribution is 2.26. The number of hydrogen-bond donors (Lipinski definition) is 1. The van der Waals surface area contributed by atoms with Crippen molar-refractivity contribution in [1.29, 1.82) is 0 Å². The zero-order valence-electron chi connectivity index (χ0n) is 13.7. The summed E-state index contributed by atoms with van der Waals surface area (Å²) >= 11 is 1.60. The van der Waals surface area contributed by atoms with Crippen molar-refractivity contribution >= 4 is 28.3 Å². The third-order valence-electron chi connectivity index (χ3n) is 3.67. The first-order chi connectivity index (χ1) is 10.9. The molecule has 0 unspecified atom stereocenters. The topological polar surface area (TPSA) is 80.9 Å². The van der Waals surface area contributed by atoms with E-state index in [1.165, 1.54) is 0 Å². The van der Waals surface area contributed by atoms with E-state index < -0.39 is 0 Å². The summed E-state index contributed by atoms with van der Waals surface area (Å²) in [6.07, 6.45) is 0. The molecule has 3 aromatic heterocycles. The summed E-state index contributed by atoms with van der Waals surface area (Å²) in [6.45, 7) is 9.52. The van der Waals surface area contributed by atoms with E-state index in [-0.39, 0.29) is 11.9 Å². The number of pyridine rings is 1. The maximum atomic E-state index is 12.7. The molecule has 0 aliphatic heterocycles. The average Bonchev–Trinajstić information content (AvgIpc) is 3.00. The van der Waals surface area contributed by atoms with Crippen LogP contribution >= 0.6 is 11.3 Å². The van der Waals surface area contributed by atoms with Gasteiger partial charge in [0.05, 0.1) is 33.4 Å². The van der Waals surface area contributed by atoms with Gasteiger partial charge in [0.2, 0.25) is 0 Å². The molecule has 7 heteroatoms. The number of nitrogens with zero attached hydrogens (tertiary/aromatic N) is 3. The van der Waals surface area contributed by atoms with E-state index in [4.69, 9.17) is 4.52 Å². The van der Waals surface area contributed by atoms with Gasteiger partial charge in [-0.3, -0.25) is 4.79 Å². The highest BCUT2D eigenvalue weighted by molar-refractivity contribution is 7.11. The molecule has 1 amide bonds. The van der Waals surface area contributed by atoms with Crippen LogP contribution in [0.1, 0.15) is 50.3 Å². The predicted molar refractivity (Wildman–Crippen MR) is 88.7 cm³/mol. The molecule has 6 nitrogen and oxygen atoms in total. The van der Waals surface area contributed by atoms with E-state index in [9.17, 15) is 4.79 Å². The van der Waals surface area contributed by atoms with Crippen LogP contribution in [0.5, 0.6) is 0 Å². The number of carbonyl (C=O) groups is 1. The molecule has 0 saturated heterocycles. The second-order valence-corrected chi connectivity index (χ2v) is 6.87. The number of rotatable bonds is 3. The fraction of sp³-hybridized carbons (Fsp3) is 0.375. The Labute approximate surface area is 137 Å². The molecule has 0 fully saturated rings. The minimum Gasteiger partial charge on any atom is -0.345 e. The van der Waals surface area contributed by atoms with Crippen LogP contribution < -0.4 is 5.32 Å². The zero-order chi connectivity index (χ0) is 16.7. The van der Waals surface area contributed by atoms with Crippen molar-refractivity contribution in [3.05, 3.63) is 38.6 Å². The number of amides is 1. The zero-order valence-corrected chi connectivity index (χ0v) is 14.5. The van der Waals surface area contributed by atoms with Gasteiger partial charge in [-0.1, -0.05) is 5.16 Å².